The highest BCUT2D eigenvalue weighted by Gasteiger charge is 2.29. The summed E-state index contributed by atoms with van der Waals surface area (Å²) >= 11 is 0. The number of hydrogen-bond donors (Lipinski definition) is 2. The van der Waals surface area contributed by atoms with Gasteiger partial charge in [0.05, 0.1) is 0 Å². The first-order valence-corrected chi connectivity index (χ1v) is 2.60. The molecule has 0 spiro atoms. The molecule has 4 heteroatoms. The maximum Gasteiger partial charge on any atom is 0.254 e. The minimum absolute atomic E-state index is 0.234. The molecule has 0 bridgehead atoms. The van der Waals surface area contributed by atoms with Crippen molar-refractivity contribution in [1.82, 2.24) is 0 Å². The summed E-state index contributed by atoms with van der Waals surface area (Å²) in [4.78, 5) is 10.1. The number of alkyl halides is 1. The van der Waals surface area contributed by atoms with Gasteiger partial charge in [-0.25, -0.2) is 4.39 Å². The van der Waals surface area contributed by atoms with Crippen molar-refractivity contribution in [3.8, 4) is 0 Å². The highest BCUT2D eigenvalue weighted by Crippen LogP contribution is 2.12. The average molecular weight is 135 g/mol. The number of halogens is 1. The van der Waals surface area contributed by atoms with Gasteiger partial charge in [-0.1, -0.05) is 0 Å². The van der Waals surface area contributed by atoms with E-state index in [1.165, 1.54) is 0 Å². The second-order valence-corrected chi connectivity index (χ2v) is 2.04. The van der Waals surface area contributed by atoms with Gasteiger partial charge >= 0.3 is 0 Å². The van der Waals surface area contributed by atoms with Crippen LogP contribution in [0.25, 0.3) is 0 Å². The number of amides is 1. The molecule has 0 saturated heterocycles. The number of hydrogen-bond acceptors (Lipinski definition) is 2. The van der Waals surface area contributed by atoms with Crippen LogP contribution in [0.15, 0.2) is 0 Å². The first-order valence-electron chi connectivity index (χ1n) is 2.60. The fraction of sp³-hybridized carbons (Fsp3) is 0.800. The lowest BCUT2D eigenvalue weighted by Gasteiger charge is -2.12. The largest absolute Gasteiger partial charge is 0.396 e. The van der Waals surface area contributed by atoms with E-state index in [1.54, 1.807) is 0 Å². The van der Waals surface area contributed by atoms with Crippen LogP contribution >= 0.6 is 0 Å². The van der Waals surface area contributed by atoms with Gasteiger partial charge in [-0.2, -0.15) is 0 Å². The number of carbonyl (C=O) groups excluding carboxylic acids is 1. The molecule has 0 aliphatic carbocycles. The number of rotatable bonds is 3. The number of carbonyl (C=O) groups is 1. The molecule has 9 heavy (non-hydrogen) atoms. The zero-order chi connectivity index (χ0) is 7.49. The molecule has 0 aliphatic rings. The highest BCUT2D eigenvalue weighted by molar-refractivity contribution is 5.82. The van der Waals surface area contributed by atoms with Crippen LogP contribution in [-0.4, -0.2) is 23.3 Å². The van der Waals surface area contributed by atoms with Gasteiger partial charge in [-0.15, -0.1) is 0 Å². The van der Waals surface area contributed by atoms with Crippen molar-refractivity contribution in [3.63, 3.8) is 0 Å². The van der Waals surface area contributed by atoms with E-state index in [-0.39, 0.29) is 13.0 Å². The Morgan fingerprint density at radius 2 is 2.33 bits per heavy atom. The van der Waals surface area contributed by atoms with Gasteiger partial charge < -0.3 is 10.8 Å². The topological polar surface area (TPSA) is 63.3 Å². The van der Waals surface area contributed by atoms with Gasteiger partial charge in [0.1, 0.15) is 0 Å². The van der Waals surface area contributed by atoms with Crippen molar-refractivity contribution in [2.24, 2.45) is 5.73 Å². The van der Waals surface area contributed by atoms with Crippen LogP contribution in [0, 0.1) is 0 Å². The van der Waals surface area contributed by atoms with Gasteiger partial charge in [-0.05, 0) is 6.92 Å². The molecule has 3 nitrogen and oxygen atoms in total. The lowest BCUT2D eigenvalue weighted by atomic mass is 10.1. The SMILES string of the molecule is C[C@@](F)(CCO)C(N)=O. The Bertz CT molecular complexity index is 114. The molecule has 0 aromatic rings. The fourth-order valence-electron chi connectivity index (χ4n) is 0.333. The third kappa shape index (κ3) is 2.41. The second-order valence-electron chi connectivity index (χ2n) is 2.04. The summed E-state index contributed by atoms with van der Waals surface area (Å²) in [5.74, 6) is -1.03. The number of aliphatic hydroxyl groups is 1. The van der Waals surface area contributed by atoms with E-state index in [1.807, 2.05) is 0 Å². The van der Waals surface area contributed by atoms with E-state index >= 15 is 0 Å². The van der Waals surface area contributed by atoms with Crippen LogP contribution in [0.5, 0.6) is 0 Å². The van der Waals surface area contributed by atoms with Gasteiger partial charge in [0, 0.05) is 13.0 Å². The van der Waals surface area contributed by atoms with Crippen LogP contribution in [0.4, 0.5) is 4.39 Å². The van der Waals surface area contributed by atoms with Crippen LogP contribution < -0.4 is 5.73 Å². The van der Waals surface area contributed by atoms with Gasteiger partial charge in [0.25, 0.3) is 5.91 Å². The molecule has 3 N–H and O–H groups in total. The zero-order valence-corrected chi connectivity index (χ0v) is 5.22. The Hall–Kier alpha value is -0.640. The summed E-state index contributed by atoms with van der Waals surface area (Å²) in [5.41, 5.74) is 2.57. The molecular formula is C5H10FNO2. The summed E-state index contributed by atoms with van der Waals surface area (Å²) < 4.78 is 12.6. The van der Waals surface area contributed by atoms with Crippen molar-refractivity contribution in [2.45, 2.75) is 19.0 Å². The molecule has 0 saturated carbocycles. The third-order valence-corrected chi connectivity index (χ3v) is 1.10. The molecule has 0 radical (unpaired) electrons. The van der Waals surface area contributed by atoms with E-state index in [9.17, 15) is 9.18 Å². The summed E-state index contributed by atoms with van der Waals surface area (Å²) in [6.07, 6.45) is -0.234. The monoisotopic (exact) mass is 135 g/mol. The Morgan fingerprint density at radius 1 is 1.89 bits per heavy atom. The normalized spacial score (nSPS) is 16.8. The zero-order valence-electron chi connectivity index (χ0n) is 5.22. The van der Waals surface area contributed by atoms with E-state index in [0.717, 1.165) is 6.92 Å². The molecule has 0 heterocycles. The maximum absolute atomic E-state index is 12.6. The minimum Gasteiger partial charge on any atom is -0.396 e. The molecule has 1 atom stereocenters. The van der Waals surface area contributed by atoms with Gasteiger partial charge in [0.15, 0.2) is 5.67 Å². The molecule has 1 amide bonds. The summed E-state index contributed by atoms with van der Waals surface area (Å²) in [6, 6.07) is 0. The lowest BCUT2D eigenvalue weighted by molar-refractivity contribution is -0.129. The van der Waals surface area contributed by atoms with Crippen LogP contribution in [0.2, 0.25) is 0 Å². The Labute approximate surface area is 52.7 Å². The summed E-state index contributed by atoms with van der Waals surface area (Å²) in [5, 5.41) is 8.20. The predicted molar refractivity (Wildman–Crippen MR) is 30.4 cm³/mol. The van der Waals surface area contributed by atoms with E-state index in [4.69, 9.17) is 5.11 Å². The molecule has 0 fully saturated rings. The van der Waals surface area contributed by atoms with Crippen LogP contribution in [-0.2, 0) is 4.79 Å². The smallest absolute Gasteiger partial charge is 0.254 e. The molecule has 0 unspecified atom stereocenters. The van der Waals surface area contributed by atoms with E-state index in [0.29, 0.717) is 0 Å². The highest BCUT2D eigenvalue weighted by atomic mass is 19.1. The molecule has 0 aromatic heterocycles. The average Bonchev–Trinajstić information content (AvgIpc) is 1.65. The number of primary amides is 1. The first kappa shape index (κ1) is 8.36. The van der Waals surface area contributed by atoms with Gasteiger partial charge in [0.2, 0.25) is 0 Å². The van der Waals surface area contributed by atoms with Crippen molar-refractivity contribution >= 4 is 5.91 Å². The van der Waals surface area contributed by atoms with Crippen molar-refractivity contribution in [1.29, 1.82) is 0 Å². The minimum atomic E-state index is -2.06. The first-order chi connectivity index (χ1) is 4.00. The van der Waals surface area contributed by atoms with Crippen LogP contribution in [0.3, 0.4) is 0 Å². The molecule has 0 aliphatic heterocycles. The Morgan fingerprint density at radius 3 is 2.44 bits per heavy atom. The Balaban J connectivity index is 3.85. The van der Waals surface area contributed by atoms with Crippen LogP contribution in [0.1, 0.15) is 13.3 Å². The summed E-state index contributed by atoms with van der Waals surface area (Å²) in [7, 11) is 0. The second kappa shape index (κ2) is 2.77. The van der Waals surface area contributed by atoms with Gasteiger partial charge in [-0.3, -0.25) is 4.79 Å². The van der Waals surface area contributed by atoms with E-state index in [2.05, 4.69) is 5.73 Å². The predicted octanol–water partition coefficient (Wildman–Crippen LogP) is -0.418. The number of nitrogens with two attached hydrogens (primary N) is 1. The fourth-order valence-corrected chi connectivity index (χ4v) is 0.333. The molecule has 0 rings (SSSR count). The number of aliphatic hydroxyl groups excluding tert-OH is 1. The summed E-state index contributed by atoms with van der Waals surface area (Å²) in [6.45, 7) is 0.682. The van der Waals surface area contributed by atoms with Crippen molar-refractivity contribution in [3.05, 3.63) is 0 Å². The molecular weight excluding hydrogens is 125 g/mol. The third-order valence-electron chi connectivity index (χ3n) is 1.10. The van der Waals surface area contributed by atoms with E-state index < -0.39 is 11.6 Å². The lowest BCUT2D eigenvalue weighted by Crippen LogP contribution is -2.37. The molecule has 54 valence electrons. The quantitative estimate of drug-likeness (QED) is 0.552. The maximum atomic E-state index is 12.6. The molecule has 0 aromatic carbocycles. The standard InChI is InChI=1S/C5H10FNO2/c1-5(6,2-3-8)4(7)9/h8H,2-3H2,1H3,(H2,7,9)/t5-/m1/s1. The Kier molecular flexibility index (Phi) is 2.58. The van der Waals surface area contributed by atoms with Crippen molar-refractivity contribution < 1.29 is 14.3 Å². The van der Waals surface area contributed by atoms with Crippen molar-refractivity contribution in [2.75, 3.05) is 6.61 Å².